The third kappa shape index (κ3) is 5.12. The summed E-state index contributed by atoms with van der Waals surface area (Å²) >= 11 is 1.78. The fraction of sp³-hybridized carbons (Fsp3) is 0.571. The minimum absolute atomic E-state index is 0.0622. The summed E-state index contributed by atoms with van der Waals surface area (Å²) in [6.45, 7) is 2.84. The molecule has 1 saturated carbocycles. The molecule has 1 fully saturated rings. The van der Waals surface area contributed by atoms with Gasteiger partial charge in [-0.1, -0.05) is 49.6 Å². The number of thioether (sulfide) groups is 1. The highest BCUT2D eigenvalue weighted by Crippen LogP contribution is 2.38. The first kappa shape index (κ1) is 19.9. The van der Waals surface area contributed by atoms with E-state index in [2.05, 4.69) is 16.8 Å². The van der Waals surface area contributed by atoms with Crippen molar-refractivity contribution < 1.29 is 9.59 Å². The number of aryl methyl sites for hydroxylation is 1. The molecule has 146 valence electrons. The fourth-order valence-corrected chi connectivity index (χ4v) is 5.35. The van der Waals surface area contributed by atoms with Gasteiger partial charge in [-0.25, -0.2) is 0 Å². The zero-order valence-corrected chi connectivity index (χ0v) is 16.8. The SMILES string of the molecule is CCN(C1=NC(=O)C2CCCCCCC2S1)c1ccc(CCC(N)=O)cc1. The fourth-order valence-electron chi connectivity index (χ4n) is 3.88. The Kier molecular flexibility index (Phi) is 6.94. The molecule has 3 rings (SSSR count). The number of carbonyl (C=O) groups excluding carboxylic acids is 2. The van der Waals surface area contributed by atoms with Gasteiger partial charge in [0.1, 0.15) is 0 Å². The number of nitrogens with two attached hydrogens (primary N) is 1. The first-order valence-corrected chi connectivity index (χ1v) is 10.9. The quantitative estimate of drug-likeness (QED) is 0.831. The number of aliphatic imine (C=N–C) groups is 1. The summed E-state index contributed by atoms with van der Waals surface area (Å²) in [6.07, 6.45) is 7.95. The summed E-state index contributed by atoms with van der Waals surface area (Å²) < 4.78 is 0. The number of rotatable bonds is 5. The Morgan fingerprint density at radius 3 is 2.56 bits per heavy atom. The van der Waals surface area contributed by atoms with Gasteiger partial charge >= 0.3 is 0 Å². The first-order chi connectivity index (χ1) is 13.1. The van der Waals surface area contributed by atoms with E-state index in [0.717, 1.165) is 42.2 Å². The van der Waals surface area contributed by atoms with Crippen LogP contribution in [0.15, 0.2) is 29.3 Å². The van der Waals surface area contributed by atoms with Crippen molar-refractivity contribution in [2.45, 2.75) is 63.5 Å². The van der Waals surface area contributed by atoms with Gasteiger partial charge < -0.3 is 10.6 Å². The van der Waals surface area contributed by atoms with Gasteiger partial charge in [-0.15, -0.1) is 0 Å². The number of primary amides is 1. The van der Waals surface area contributed by atoms with Crippen LogP contribution in [0, 0.1) is 5.92 Å². The van der Waals surface area contributed by atoms with E-state index in [0.29, 0.717) is 18.1 Å². The maximum absolute atomic E-state index is 12.7. The maximum Gasteiger partial charge on any atom is 0.252 e. The van der Waals surface area contributed by atoms with Crippen LogP contribution in [0.3, 0.4) is 0 Å². The highest BCUT2D eigenvalue weighted by atomic mass is 32.2. The predicted octanol–water partition coefficient (Wildman–Crippen LogP) is 3.90. The molecule has 27 heavy (non-hydrogen) atoms. The zero-order valence-electron chi connectivity index (χ0n) is 16.0. The largest absolute Gasteiger partial charge is 0.370 e. The van der Waals surface area contributed by atoms with Crippen LogP contribution in [0.4, 0.5) is 5.69 Å². The molecule has 2 unspecified atom stereocenters. The molecular formula is C21H29N3O2S. The molecule has 0 spiro atoms. The number of hydrogen-bond donors (Lipinski definition) is 1. The van der Waals surface area contributed by atoms with Crippen LogP contribution in [-0.2, 0) is 16.0 Å². The first-order valence-electron chi connectivity index (χ1n) is 10.0. The van der Waals surface area contributed by atoms with Gasteiger partial charge in [0.2, 0.25) is 5.91 Å². The van der Waals surface area contributed by atoms with Crippen molar-refractivity contribution in [3.05, 3.63) is 29.8 Å². The molecule has 2 atom stereocenters. The van der Waals surface area contributed by atoms with Crippen LogP contribution in [0.2, 0.25) is 0 Å². The summed E-state index contributed by atoms with van der Waals surface area (Å²) in [7, 11) is 0. The number of benzene rings is 1. The van der Waals surface area contributed by atoms with Crippen molar-refractivity contribution >= 4 is 34.4 Å². The standard InChI is InChI=1S/C21H29N3O2S/c1-2-24(16-12-9-15(10-13-16)11-14-19(22)25)21-23-20(26)17-7-5-3-4-6-8-18(17)27-21/h9-10,12-13,17-18H,2-8,11,14H2,1H3,(H2,22,25). The summed E-state index contributed by atoms with van der Waals surface area (Å²) in [6, 6.07) is 8.13. The molecule has 0 bridgehead atoms. The van der Waals surface area contributed by atoms with Crippen LogP contribution in [0.1, 0.15) is 57.4 Å². The number of nitrogens with zero attached hydrogens (tertiary/aromatic N) is 2. The van der Waals surface area contributed by atoms with Crippen LogP contribution in [-0.4, -0.2) is 28.8 Å². The Hall–Kier alpha value is -1.82. The average Bonchev–Trinajstić information content (AvgIpc) is 2.63. The highest BCUT2D eigenvalue weighted by molar-refractivity contribution is 8.14. The average molecular weight is 388 g/mol. The van der Waals surface area contributed by atoms with Gasteiger partial charge in [-0.05, 0) is 43.9 Å². The molecule has 1 aliphatic heterocycles. The van der Waals surface area contributed by atoms with E-state index in [-0.39, 0.29) is 17.7 Å². The van der Waals surface area contributed by atoms with Crippen LogP contribution < -0.4 is 10.6 Å². The lowest BCUT2D eigenvalue weighted by atomic mass is 9.90. The van der Waals surface area contributed by atoms with E-state index in [1.54, 1.807) is 11.8 Å². The molecule has 0 aromatic heterocycles. The second kappa shape index (κ2) is 9.40. The van der Waals surface area contributed by atoms with Crippen molar-refractivity contribution in [3.63, 3.8) is 0 Å². The number of anilines is 1. The molecule has 1 heterocycles. The molecule has 2 aliphatic rings. The molecule has 2 N–H and O–H groups in total. The number of amides is 2. The van der Waals surface area contributed by atoms with E-state index < -0.39 is 0 Å². The zero-order chi connectivity index (χ0) is 19.2. The smallest absolute Gasteiger partial charge is 0.252 e. The molecule has 1 aromatic rings. The maximum atomic E-state index is 12.7. The van der Waals surface area contributed by atoms with Gasteiger partial charge in [-0.2, -0.15) is 4.99 Å². The van der Waals surface area contributed by atoms with E-state index in [9.17, 15) is 9.59 Å². The van der Waals surface area contributed by atoms with Crippen molar-refractivity contribution in [2.24, 2.45) is 16.6 Å². The molecular weight excluding hydrogens is 358 g/mol. The van der Waals surface area contributed by atoms with Gasteiger partial charge in [0.05, 0.1) is 5.92 Å². The lowest BCUT2D eigenvalue weighted by Gasteiger charge is -2.34. The summed E-state index contributed by atoms with van der Waals surface area (Å²) in [4.78, 5) is 30.2. The lowest BCUT2D eigenvalue weighted by Crippen LogP contribution is -2.39. The molecule has 0 radical (unpaired) electrons. The monoisotopic (exact) mass is 387 g/mol. The van der Waals surface area contributed by atoms with E-state index in [1.807, 2.05) is 24.3 Å². The lowest BCUT2D eigenvalue weighted by molar-refractivity contribution is -0.122. The minimum Gasteiger partial charge on any atom is -0.370 e. The van der Waals surface area contributed by atoms with Crippen molar-refractivity contribution in [2.75, 3.05) is 11.4 Å². The molecule has 1 aromatic carbocycles. The van der Waals surface area contributed by atoms with Gasteiger partial charge in [-0.3, -0.25) is 9.59 Å². The van der Waals surface area contributed by atoms with Gasteiger partial charge in [0.15, 0.2) is 5.17 Å². The predicted molar refractivity (Wildman–Crippen MR) is 112 cm³/mol. The molecule has 5 nitrogen and oxygen atoms in total. The number of fused-ring (bicyclic) bond motifs is 1. The van der Waals surface area contributed by atoms with Crippen molar-refractivity contribution in [1.82, 2.24) is 0 Å². The number of amidine groups is 1. The topological polar surface area (TPSA) is 75.8 Å². The van der Waals surface area contributed by atoms with Crippen LogP contribution >= 0.6 is 11.8 Å². The molecule has 2 amide bonds. The van der Waals surface area contributed by atoms with Crippen LogP contribution in [0.5, 0.6) is 0 Å². The number of hydrogen-bond acceptors (Lipinski definition) is 4. The minimum atomic E-state index is -0.283. The molecule has 6 heteroatoms. The third-order valence-electron chi connectivity index (χ3n) is 5.44. The van der Waals surface area contributed by atoms with Gasteiger partial charge in [0, 0.05) is 23.9 Å². The van der Waals surface area contributed by atoms with Crippen molar-refractivity contribution in [1.29, 1.82) is 0 Å². The highest BCUT2D eigenvalue weighted by Gasteiger charge is 2.36. The third-order valence-corrected chi connectivity index (χ3v) is 6.83. The van der Waals surface area contributed by atoms with E-state index >= 15 is 0 Å². The second-order valence-electron chi connectivity index (χ2n) is 7.36. The Balaban J connectivity index is 1.75. The van der Waals surface area contributed by atoms with Gasteiger partial charge in [0.25, 0.3) is 5.91 Å². The summed E-state index contributed by atoms with van der Waals surface area (Å²) in [5, 5.41) is 1.18. The molecule has 1 aliphatic carbocycles. The summed E-state index contributed by atoms with van der Waals surface area (Å²) in [5.41, 5.74) is 7.34. The normalized spacial score (nSPS) is 23.0. The van der Waals surface area contributed by atoms with E-state index in [1.165, 1.54) is 19.3 Å². The van der Waals surface area contributed by atoms with E-state index in [4.69, 9.17) is 5.73 Å². The Labute approximate surface area is 165 Å². The molecule has 0 saturated heterocycles. The van der Waals surface area contributed by atoms with Crippen molar-refractivity contribution in [3.8, 4) is 0 Å². The number of carbonyl (C=O) groups is 2. The second-order valence-corrected chi connectivity index (χ2v) is 8.57. The Morgan fingerprint density at radius 1 is 1.19 bits per heavy atom. The van der Waals surface area contributed by atoms with Crippen LogP contribution in [0.25, 0.3) is 0 Å². The Bertz CT molecular complexity index is 702. The summed E-state index contributed by atoms with van der Waals surface area (Å²) in [5.74, 6) is -0.129. The Morgan fingerprint density at radius 2 is 1.89 bits per heavy atom.